The van der Waals surface area contributed by atoms with Crippen molar-refractivity contribution >= 4 is 23.2 Å². The van der Waals surface area contributed by atoms with Crippen LogP contribution >= 0.6 is 11.6 Å². The van der Waals surface area contributed by atoms with Crippen LogP contribution in [0.15, 0.2) is 42.5 Å². The molecule has 1 atom stereocenters. The maximum absolute atomic E-state index is 12.1. The van der Waals surface area contributed by atoms with Crippen LogP contribution in [0.1, 0.15) is 36.1 Å². The molecule has 2 aromatic carbocycles. The van der Waals surface area contributed by atoms with Crippen molar-refractivity contribution < 1.29 is 4.79 Å². The Morgan fingerprint density at radius 2 is 1.96 bits per heavy atom. The summed E-state index contributed by atoms with van der Waals surface area (Å²) in [5, 5.41) is 6.89. The number of anilines is 1. The average Bonchev–Trinajstić information content (AvgIpc) is 3.01. The lowest BCUT2D eigenvalue weighted by molar-refractivity contribution is -0.115. The zero-order valence-electron chi connectivity index (χ0n) is 13.2. The molecule has 0 heterocycles. The highest BCUT2D eigenvalue weighted by molar-refractivity contribution is 6.31. The van der Waals surface area contributed by atoms with Crippen LogP contribution in [0, 0.1) is 0 Å². The Bertz CT molecular complexity index is 714. The Hall–Kier alpha value is -1.84. The maximum Gasteiger partial charge on any atom is 0.238 e. The fourth-order valence-corrected chi connectivity index (χ4v) is 3.34. The molecule has 1 aliphatic rings. The molecule has 4 heteroatoms. The lowest BCUT2D eigenvalue weighted by atomic mass is 10.1. The summed E-state index contributed by atoms with van der Waals surface area (Å²) >= 11 is 6.18. The number of hydrogen-bond donors (Lipinski definition) is 2. The molecule has 23 heavy (non-hydrogen) atoms. The molecular weight excluding hydrogens is 308 g/mol. The smallest absolute Gasteiger partial charge is 0.238 e. The average molecular weight is 329 g/mol. The highest BCUT2D eigenvalue weighted by Crippen LogP contribution is 2.25. The van der Waals surface area contributed by atoms with Gasteiger partial charge in [-0.3, -0.25) is 4.79 Å². The van der Waals surface area contributed by atoms with E-state index in [0.717, 1.165) is 24.1 Å². The topological polar surface area (TPSA) is 41.1 Å². The molecule has 0 spiro atoms. The summed E-state index contributed by atoms with van der Waals surface area (Å²) in [6.45, 7) is 2.26. The van der Waals surface area contributed by atoms with Gasteiger partial charge in [0.25, 0.3) is 0 Å². The fourth-order valence-electron chi connectivity index (χ4n) is 3.04. The largest absolute Gasteiger partial charge is 0.325 e. The van der Waals surface area contributed by atoms with Crippen molar-refractivity contribution in [3.8, 4) is 0 Å². The van der Waals surface area contributed by atoms with E-state index in [0.29, 0.717) is 5.02 Å². The van der Waals surface area contributed by atoms with E-state index in [1.54, 1.807) is 0 Å². The molecule has 1 amide bonds. The second-order valence-electron chi connectivity index (χ2n) is 6.01. The van der Waals surface area contributed by atoms with Crippen molar-refractivity contribution in [1.29, 1.82) is 0 Å². The van der Waals surface area contributed by atoms with Gasteiger partial charge < -0.3 is 10.6 Å². The third kappa shape index (κ3) is 3.92. The van der Waals surface area contributed by atoms with Crippen molar-refractivity contribution in [3.63, 3.8) is 0 Å². The van der Waals surface area contributed by atoms with Crippen LogP contribution in [0.3, 0.4) is 0 Å². The van der Waals surface area contributed by atoms with Gasteiger partial charge in [0, 0.05) is 16.8 Å². The molecule has 2 aromatic rings. The van der Waals surface area contributed by atoms with E-state index in [4.69, 9.17) is 11.6 Å². The molecule has 0 saturated carbocycles. The molecule has 3 nitrogen and oxygen atoms in total. The molecule has 0 bridgehead atoms. The SMILES string of the molecule is C[C@@H](NCC(=O)Nc1ccc2c(c1)CCC2)c1ccccc1Cl. The molecule has 120 valence electrons. The number of carbonyl (C=O) groups excluding carboxylic acids is 1. The number of halogens is 1. The number of hydrogen-bond acceptors (Lipinski definition) is 2. The van der Waals surface area contributed by atoms with Crippen LogP contribution in [0.5, 0.6) is 0 Å². The van der Waals surface area contributed by atoms with Gasteiger partial charge in [-0.2, -0.15) is 0 Å². The minimum Gasteiger partial charge on any atom is -0.325 e. The molecule has 2 N–H and O–H groups in total. The first-order valence-electron chi connectivity index (χ1n) is 8.03. The fraction of sp³-hybridized carbons (Fsp3) is 0.316. The van der Waals surface area contributed by atoms with Crippen LogP contribution in [-0.4, -0.2) is 12.5 Å². The van der Waals surface area contributed by atoms with Crippen molar-refractivity contribution in [1.82, 2.24) is 5.32 Å². The molecule has 0 unspecified atom stereocenters. The van der Waals surface area contributed by atoms with E-state index in [1.807, 2.05) is 37.3 Å². The minimum absolute atomic E-state index is 0.0227. The Morgan fingerprint density at radius 3 is 2.78 bits per heavy atom. The van der Waals surface area contributed by atoms with E-state index in [1.165, 1.54) is 17.5 Å². The molecule has 1 aliphatic carbocycles. The molecule has 0 aliphatic heterocycles. The van der Waals surface area contributed by atoms with Crippen molar-refractivity contribution in [2.24, 2.45) is 0 Å². The summed E-state index contributed by atoms with van der Waals surface area (Å²) in [7, 11) is 0. The van der Waals surface area contributed by atoms with Crippen LogP contribution < -0.4 is 10.6 Å². The van der Waals surface area contributed by atoms with Gasteiger partial charge in [0.1, 0.15) is 0 Å². The number of carbonyl (C=O) groups is 1. The summed E-state index contributed by atoms with van der Waals surface area (Å²) < 4.78 is 0. The number of amides is 1. The molecular formula is C19H21ClN2O. The first kappa shape index (κ1) is 16.0. The van der Waals surface area contributed by atoms with Gasteiger partial charge in [0.2, 0.25) is 5.91 Å². The standard InChI is InChI=1S/C19H21ClN2O/c1-13(17-7-2-3-8-18(17)20)21-12-19(23)22-16-10-9-14-5-4-6-15(14)11-16/h2-3,7-11,13,21H,4-6,12H2,1H3,(H,22,23)/t13-/m1/s1. The van der Waals surface area contributed by atoms with Gasteiger partial charge in [0.05, 0.1) is 6.54 Å². The first-order valence-corrected chi connectivity index (χ1v) is 8.41. The monoisotopic (exact) mass is 328 g/mol. The predicted molar refractivity (Wildman–Crippen MR) is 95.0 cm³/mol. The molecule has 0 fully saturated rings. The first-order chi connectivity index (χ1) is 11.1. The van der Waals surface area contributed by atoms with Crippen molar-refractivity contribution in [2.45, 2.75) is 32.2 Å². The quantitative estimate of drug-likeness (QED) is 0.867. The molecule has 0 aromatic heterocycles. The van der Waals surface area contributed by atoms with Gasteiger partial charge in [-0.05, 0) is 61.1 Å². The van der Waals surface area contributed by atoms with Crippen LogP contribution in [0.2, 0.25) is 5.02 Å². The van der Waals surface area contributed by atoms with Crippen LogP contribution in [0.4, 0.5) is 5.69 Å². The van der Waals surface area contributed by atoms with Gasteiger partial charge in [0.15, 0.2) is 0 Å². The van der Waals surface area contributed by atoms with E-state index >= 15 is 0 Å². The number of nitrogens with one attached hydrogen (secondary N) is 2. The number of benzene rings is 2. The Kier molecular flexibility index (Phi) is 4.99. The minimum atomic E-state index is -0.0400. The summed E-state index contributed by atoms with van der Waals surface area (Å²) in [6.07, 6.45) is 3.48. The summed E-state index contributed by atoms with van der Waals surface area (Å²) in [6, 6.07) is 13.9. The zero-order chi connectivity index (χ0) is 16.2. The number of rotatable bonds is 5. The predicted octanol–water partition coefficient (Wildman–Crippen LogP) is 4.12. The molecule has 3 rings (SSSR count). The second-order valence-corrected chi connectivity index (χ2v) is 6.42. The summed E-state index contributed by atoms with van der Waals surface area (Å²) in [5.74, 6) is -0.0400. The Morgan fingerprint density at radius 1 is 1.17 bits per heavy atom. The van der Waals surface area contributed by atoms with E-state index in [2.05, 4.69) is 22.8 Å². The Labute approximate surface area is 142 Å². The van der Waals surface area contributed by atoms with Gasteiger partial charge in [-0.1, -0.05) is 35.9 Å². The third-order valence-corrected chi connectivity index (χ3v) is 4.67. The number of fused-ring (bicyclic) bond motifs is 1. The number of aryl methyl sites for hydroxylation is 2. The van der Waals surface area contributed by atoms with Crippen molar-refractivity contribution in [3.05, 3.63) is 64.2 Å². The second kappa shape index (κ2) is 7.16. The molecule has 0 saturated heterocycles. The lowest BCUT2D eigenvalue weighted by Gasteiger charge is -2.15. The lowest BCUT2D eigenvalue weighted by Crippen LogP contribution is -2.30. The maximum atomic E-state index is 12.1. The van der Waals surface area contributed by atoms with E-state index < -0.39 is 0 Å². The zero-order valence-corrected chi connectivity index (χ0v) is 14.0. The van der Waals surface area contributed by atoms with Gasteiger partial charge >= 0.3 is 0 Å². The van der Waals surface area contributed by atoms with E-state index in [9.17, 15) is 4.79 Å². The van der Waals surface area contributed by atoms with Crippen molar-refractivity contribution in [2.75, 3.05) is 11.9 Å². The van der Waals surface area contributed by atoms with Gasteiger partial charge in [-0.25, -0.2) is 0 Å². The highest BCUT2D eigenvalue weighted by Gasteiger charge is 2.13. The highest BCUT2D eigenvalue weighted by atomic mass is 35.5. The Balaban J connectivity index is 1.54. The third-order valence-electron chi connectivity index (χ3n) is 4.32. The normalized spacial score (nSPS) is 14.3. The van der Waals surface area contributed by atoms with Crippen LogP contribution in [-0.2, 0) is 17.6 Å². The summed E-state index contributed by atoms with van der Waals surface area (Å²) in [4.78, 5) is 12.1. The summed E-state index contributed by atoms with van der Waals surface area (Å²) in [5.41, 5.74) is 4.65. The molecule has 0 radical (unpaired) electrons. The van der Waals surface area contributed by atoms with E-state index in [-0.39, 0.29) is 18.5 Å². The van der Waals surface area contributed by atoms with Gasteiger partial charge in [-0.15, -0.1) is 0 Å². The van der Waals surface area contributed by atoms with Crippen LogP contribution in [0.25, 0.3) is 0 Å².